The summed E-state index contributed by atoms with van der Waals surface area (Å²) in [5, 5.41) is 4.48. The van der Waals surface area contributed by atoms with Crippen molar-refractivity contribution in [3.8, 4) is 0 Å². The fourth-order valence-corrected chi connectivity index (χ4v) is 2.66. The summed E-state index contributed by atoms with van der Waals surface area (Å²) in [5.41, 5.74) is 9.88. The van der Waals surface area contributed by atoms with Crippen molar-refractivity contribution in [2.45, 2.75) is 39.8 Å². The molecule has 104 valence electrons. The zero-order valence-corrected chi connectivity index (χ0v) is 12.6. The Balaban J connectivity index is 0.00000162. The zero-order chi connectivity index (χ0) is 12.6. The number of hydrogen-bond donors (Lipinski definition) is 1. The molecule has 0 aromatic carbocycles. The highest BCUT2D eigenvalue weighted by atomic mass is 35.5. The average Bonchev–Trinajstić information content (AvgIpc) is 2.50. The largest absolute Gasteiger partial charge is 0.327 e. The van der Waals surface area contributed by atoms with E-state index in [9.17, 15) is 0 Å². The van der Waals surface area contributed by atoms with E-state index in [4.69, 9.17) is 5.73 Å². The van der Waals surface area contributed by atoms with E-state index in [1.807, 2.05) is 11.7 Å². The predicted molar refractivity (Wildman–Crippen MR) is 77.0 cm³/mol. The molecule has 1 saturated heterocycles. The van der Waals surface area contributed by atoms with Crippen LogP contribution in [0.1, 0.15) is 30.3 Å². The van der Waals surface area contributed by atoms with E-state index < -0.39 is 0 Å². The third kappa shape index (κ3) is 3.05. The highest BCUT2D eigenvalue weighted by Crippen LogP contribution is 2.20. The Hall–Kier alpha value is -0.580. The Morgan fingerprint density at radius 1 is 1.39 bits per heavy atom. The molecule has 0 radical (unpaired) electrons. The monoisotopic (exact) mass is 272 g/mol. The van der Waals surface area contributed by atoms with E-state index in [0.29, 0.717) is 12.0 Å². The standard InChI is InChI=1S/C13H24N4.ClH/c1-9-7-17(6-5-13(9)14)8-12-10(2)15-16(4)11(12)3;/h9,13H,5-8,14H2,1-4H3;1H. The molecule has 18 heavy (non-hydrogen) atoms. The molecule has 0 spiro atoms. The van der Waals surface area contributed by atoms with Gasteiger partial charge >= 0.3 is 0 Å². The summed E-state index contributed by atoms with van der Waals surface area (Å²) >= 11 is 0. The van der Waals surface area contributed by atoms with Crippen LogP contribution in [0.15, 0.2) is 0 Å². The predicted octanol–water partition coefficient (Wildman–Crippen LogP) is 1.63. The number of likely N-dealkylation sites (tertiary alicyclic amines) is 1. The number of piperidine rings is 1. The van der Waals surface area contributed by atoms with Gasteiger partial charge in [0.2, 0.25) is 0 Å². The molecule has 1 aromatic heterocycles. The Bertz CT molecular complexity index is 402. The van der Waals surface area contributed by atoms with Gasteiger partial charge in [0.05, 0.1) is 5.69 Å². The smallest absolute Gasteiger partial charge is 0.0641 e. The molecule has 2 unspecified atom stereocenters. The molecule has 1 fully saturated rings. The maximum atomic E-state index is 6.05. The summed E-state index contributed by atoms with van der Waals surface area (Å²) in [5.74, 6) is 0.598. The lowest BCUT2D eigenvalue weighted by molar-refractivity contribution is 0.157. The number of aromatic nitrogens is 2. The van der Waals surface area contributed by atoms with Gasteiger partial charge in [0, 0.05) is 37.4 Å². The van der Waals surface area contributed by atoms with E-state index in [-0.39, 0.29) is 12.4 Å². The van der Waals surface area contributed by atoms with Gasteiger partial charge in [-0.05, 0) is 32.7 Å². The molecule has 1 aromatic rings. The number of halogens is 1. The summed E-state index contributed by atoms with van der Waals surface area (Å²) in [6.45, 7) is 9.73. The number of hydrogen-bond acceptors (Lipinski definition) is 3. The second kappa shape index (κ2) is 6.04. The van der Waals surface area contributed by atoms with E-state index in [0.717, 1.165) is 31.7 Å². The van der Waals surface area contributed by atoms with Crippen molar-refractivity contribution < 1.29 is 0 Å². The Morgan fingerprint density at radius 2 is 2.06 bits per heavy atom. The SMILES string of the molecule is Cc1nn(C)c(C)c1CN1CCC(N)C(C)C1.Cl. The third-order valence-electron chi connectivity index (χ3n) is 4.10. The van der Waals surface area contributed by atoms with Crippen LogP contribution < -0.4 is 5.73 Å². The first-order valence-electron chi connectivity index (χ1n) is 6.46. The van der Waals surface area contributed by atoms with Crippen LogP contribution in [0.5, 0.6) is 0 Å². The summed E-state index contributed by atoms with van der Waals surface area (Å²) in [6, 6.07) is 0.377. The van der Waals surface area contributed by atoms with Gasteiger partial charge in [0.15, 0.2) is 0 Å². The number of nitrogens with two attached hydrogens (primary N) is 1. The van der Waals surface area contributed by atoms with Gasteiger partial charge in [-0.1, -0.05) is 6.92 Å². The number of nitrogens with zero attached hydrogens (tertiary/aromatic N) is 3. The van der Waals surface area contributed by atoms with Gasteiger partial charge < -0.3 is 5.73 Å². The van der Waals surface area contributed by atoms with E-state index >= 15 is 0 Å². The van der Waals surface area contributed by atoms with Crippen molar-refractivity contribution in [2.75, 3.05) is 13.1 Å². The molecule has 1 aliphatic rings. The first kappa shape index (κ1) is 15.5. The molecule has 2 N–H and O–H groups in total. The lowest BCUT2D eigenvalue weighted by Crippen LogP contribution is -2.45. The maximum Gasteiger partial charge on any atom is 0.0641 e. The van der Waals surface area contributed by atoms with Crippen molar-refractivity contribution in [3.05, 3.63) is 17.0 Å². The minimum atomic E-state index is 0. The van der Waals surface area contributed by atoms with Crippen molar-refractivity contribution in [2.24, 2.45) is 18.7 Å². The number of rotatable bonds is 2. The molecular formula is C13H25ClN4. The van der Waals surface area contributed by atoms with E-state index in [2.05, 4.69) is 30.8 Å². The highest BCUT2D eigenvalue weighted by molar-refractivity contribution is 5.85. The molecule has 4 nitrogen and oxygen atoms in total. The van der Waals surface area contributed by atoms with Crippen LogP contribution in [-0.4, -0.2) is 33.8 Å². The lowest BCUT2D eigenvalue weighted by Gasteiger charge is -2.35. The maximum absolute atomic E-state index is 6.05. The second-order valence-electron chi connectivity index (χ2n) is 5.44. The Labute approximate surface area is 116 Å². The lowest BCUT2D eigenvalue weighted by atomic mass is 9.94. The molecule has 2 rings (SSSR count). The Kier molecular flexibility index (Phi) is 5.20. The van der Waals surface area contributed by atoms with Crippen LogP contribution in [0, 0.1) is 19.8 Å². The molecule has 0 bridgehead atoms. The van der Waals surface area contributed by atoms with Crippen LogP contribution in [0.2, 0.25) is 0 Å². The first-order chi connectivity index (χ1) is 7.99. The fraction of sp³-hybridized carbons (Fsp3) is 0.769. The Morgan fingerprint density at radius 3 is 2.56 bits per heavy atom. The fourth-order valence-electron chi connectivity index (χ4n) is 2.66. The van der Waals surface area contributed by atoms with Gasteiger partial charge in [0.1, 0.15) is 0 Å². The van der Waals surface area contributed by atoms with Crippen molar-refractivity contribution in [3.63, 3.8) is 0 Å². The van der Waals surface area contributed by atoms with Crippen LogP contribution in [0.25, 0.3) is 0 Å². The van der Waals surface area contributed by atoms with Crippen molar-refractivity contribution >= 4 is 12.4 Å². The summed E-state index contributed by atoms with van der Waals surface area (Å²) < 4.78 is 1.98. The first-order valence-corrected chi connectivity index (χ1v) is 6.46. The van der Waals surface area contributed by atoms with Gasteiger partial charge in [-0.15, -0.1) is 12.4 Å². The van der Waals surface area contributed by atoms with Gasteiger partial charge in [-0.25, -0.2) is 0 Å². The highest BCUT2D eigenvalue weighted by Gasteiger charge is 2.24. The molecule has 0 aliphatic carbocycles. The topological polar surface area (TPSA) is 47.1 Å². The van der Waals surface area contributed by atoms with Crippen molar-refractivity contribution in [1.29, 1.82) is 0 Å². The summed E-state index contributed by atoms with van der Waals surface area (Å²) in [6.07, 6.45) is 1.11. The third-order valence-corrected chi connectivity index (χ3v) is 4.10. The zero-order valence-electron chi connectivity index (χ0n) is 11.8. The molecule has 0 saturated carbocycles. The van der Waals surface area contributed by atoms with Gasteiger partial charge in [-0.2, -0.15) is 5.10 Å². The summed E-state index contributed by atoms with van der Waals surface area (Å²) in [7, 11) is 2.01. The quantitative estimate of drug-likeness (QED) is 0.890. The molecule has 5 heteroatoms. The molecule has 2 atom stereocenters. The second-order valence-corrected chi connectivity index (χ2v) is 5.44. The van der Waals surface area contributed by atoms with Crippen LogP contribution in [0.4, 0.5) is 0 Å². The van der Waals surface area contributed by atoms with Crippen LogP contribution in [-0.2, 0) is 13.6 Å². The molecule has 2 heterocycles. The average molecular weight is 273 g/mol. The van der Waals surface area contributed by atoms with Crippen LogP contribution in [0.3, 0.4) is 0 Å². The van der Waals surface area contributed by atoms with Crippen LogP contribution >= 0.6 is 12.4 Å². The molecular weight excluding hydrogens is 248 g/mol. The van der Waals surface area contributed by atoms with E-state index in [1.54, 1.807) is 0 Å². The number of aryl methyl sites for hydroxylation is 2. The minimum absolute atomic E-state index is 0. The minimum Gasteiger partial charge on any atom is -0.327 e. The van der Waals surface area contributed by atoms with Gasteiger partial charge in [-0.3, -0.25) is 9.58 Å². The molecule has 0 amide bonds. The molecule has 1 aliphatic heterocycles. The normalized spacial score (nSPS) is 24.9. The van der Waals surface area contributed by atoms with Gasteiger partial charge in [0.25, 0.3) is 0 Å². The van der Waals surface area contributed by atoms with E-state index in [1.165, 1.54) is 11.3 Å². The summed E-state index contributed by atoms with van der Waals surface area (Å²) in [4.78, 5) is 2.50. The van der Waals surface area contributed by atoms with Crippen molar-refractivity contribution in [1.82, 2.24) is 14.7 Å².